The molecule has 0 radical (unpaired) electrons. The molecule has 0 aliphatic carbocycles. The molecule has 0 spiro atoms. The van der Waals surface area contributed by atoms with Crippen LogP contribution in [0.2, 0.25) is 0 Å². The Morgan fingerprint density at radius 1 is 1.03 bits per heavy atom. The van der Waals surface area contributed by atoms with Crippen molar-refractivity contribution >= 4 is 39.4 Å². The van der Waals surface area contributed by atoms with Gasteiger partial charge in [-0.25, -0.2) is 4.98 Å². The normalized spacial score (nSPS) is 11.8. The van der Waals surface area contributed by atoms with Crippen molar-refractivity contribution in [1.29, 1.82) is 0 Å². The van der Waals surface area contributed by atoms with E-state index in [1.807, 2.05) is 48.5 Å². The van der Waals surface area contributed by atoms with Gasteiger partial charge in [0.25, 0.3) is 5.91 Å². The molecule has 4 nitrogen and oxygen atoms in total. The molecule has 0 bridgehead atoms. The number of nitrogens with zero attached hydrogens (tertiary/aromatic N) is 1. The Morgan fingerprint density at radius 2 is 1.83 bits per heavy atom. The fourth-order valence-corrected chi connectivity index (χ4v) is 4.99. The molecule has 0 saturated carbocycles. The lowest BCUT2D eigenvalue weighted by Crippen LogP contribution is -2.17. The summed E-state index contributed by atoms with van der Waals surface area (Å²) < 4.78 is 0. The summed E-state index contributed by atoms with van der Waals surface area (Å²) in [5.41, 5.74) is 4.06. The number of amides is 1. The number of rotatable bonds is 6. The lowest BCUT2D eigenvalue weighted by molar-refractivity contribution is 0.102. The highest BCUT2D eigenvalue weighted by Crippen LogP contribution is 2.41. The van der Waals surface area contributed by atoms with E-state index in [-0.39, 0.29) is 11.9 Å². The molecule has 3 aromatic heterocycles. The standard InChI is InChI=1S/C23H21N3OS2/c1-15-16(2)29-23(26-22(27)17-8-4-3-5-9-17)20(15)21(18-11-13-28-14-18)25-19-10-6-7-12-24-19/h3-14,21H,1-2H3,(H,24,25)(H,26,27)/t21-/m1/s1. The van der Waals surface area contributed by atoms with Crippen LogP contribution in [-0.2, 0) is 0 Å². The molecule has 1 amide bonds. The van der Waals surface area contributed by atoms with Gasteiger partial charge in [-0.2, -0.15) is 11.3 Å². The van der Waals surface area contributed by atoms with Gasteiger partial charge in [-0.15, -0.1) is 11.3 Å². The summed E-state index contributed by atoms with van der Waals surface area (Å²) in [5.74, 6) is 0.697. The van der Waals surface area contributed by atoms with Crippen molar-refractivity contribution in [2.75, 3.05) is 10.6 Å². The molecule has 4 rings (SSSR count). The summed E-state index contributed by atoms with van der Waals surface area (Å²) in [7, 11) is 0. The Kier molecular flexibility index (Phi) is 5.74. The number of carbonyl (C=O) groups is 1. The molecule has 6 heteroatoms. The fourth-order valence-electron chi connectivity index (χ4n) is 3.21. The van der Waals surface area contributed by atoms with Crippen molar-refractivity contribution in [1.82, 2.24) is 4.98 Å². The summed E-state index contributed by atoms with van der Waals surface area (Å²) in [6.45, 7) is 4.20. The molecule has 0 saturated heterocycles. The topological polar surface area (TPSA) is 54.0 Å². The Hall–Kier alpha value is -2.96. The number of anilines is 2. The highest BCUT2D eigenvalue weighted by molar-refractivity contribution is 7.16. The van der Waals surface area contributed by atoms with Crippen molar-refractivity contribution in [3.8, 4) is 0 Å². The molecule has 3 heterocycles. The van der Waals surface area contributed by atoms with E-state index in [0.29, 0.717) is 5.56 Å². The maximum absolute atomic E-state index is 12.8. The van der Waals surface area contributed by atoms with Crippen LogP contribution in [0.1, 0.15) is 38.0 Å². The number of aryl methyl sites for hydroxylation is 1. The van der Waals surface area contributed by atoms with Crippen LogP contribution in [0.5, 0.6) is 0 Å². The van der Waals surface area contributed by atoms with Crippen LogP contribution in [-0.4, -0.2) is 10.9 Å². The highest BCUT2D eigenvalue weighted by Gasteiger charge is 2.25. The molecule has 0 aliphatic heterocycles. The third-order valence-electron chi connectivity index (χ3n) is 4.82. The first-order valence-electron chi connectivity index (χ1n) is 9.29. The van der Waals surface area contributed by atoms with Crippen molar-refractivity contribution in [3.05, 3.63) is 98.7 Å². The quantitative estimate of drug-likeness (QED) is 0.387. The van der Waals surface area contributed by atoms with E-state index in [0.717, 1.165) is 21.9 Å². The fraction of sp³-hybridized carbons (Fsp3) is 0.130. The number of pyridine rings is 1. The minimum atomic E-state index is -0.104. The predicted octanol–water partition coefficient (Wildman–Crippen LogP) is 6.28. The number of carbonyl (C=O) groups excluding carboxylic acids is 1. The van der Waals surface area contributed by atoms with Gasteiger partial charge in [-0.1, -0.05) is 24.3 Å². The first kappa shape index (κ1) is 19.4. The van der Waals surface area contributed by atoms with Gasteiger partial charge >= 0.3 is 0 Å². The SMILES string of the molecule is Cc1sc(NC(=O)c2ccccc2)c([C@H](Nc2ccccn2)c2ccsc2)c1C. The third-order valence-corrected chi connectivity index (χ3v) is 6.66. The monoisotopic (exact) mass is 419 g/mol. The minimum Gasteiger partial charge on any atom is -0.359 e. The van der Waals surface area contributed by atoms with Crippen molar-refractivity contribution in [2.45, 2.75) is 19.9 Å². The van der Waals surface area contributed by atoms with Crippen LogP contribution in [0.15, 0.2) is 71.6 Å². The number of hydrogen-bond acceptors (Lipinski definition) is 5. The highest BCUT2D eigenvalue weighted by atomic mass is 32.1. The second-order valence-corrected chi connectivity index (χ2v) is 8.70. The molecular weight excluding hydrogens is 398 g/mol. The molecule has 0 fully saturated rings. The van der Waals surface area contributed by atoms with Crippen LogP contribution in [0, 0.1) is 13.8 Å². The summed E-state index contributed by atoms with van der Waals surface area (Å²) in [5, 5.41) is 11.8. The zero-order valence-corrected chi connectivity index (χ0v) is 17.8. The lowest BCUT2D eigenvalue weighted by atomic mass is 9.98. The van der Waals surface area contributed by atoms with Crippen LogP contribution in [0.3, 0.4) is 0 Å². The van der Waals surface area contributed by atoms with E-state index < -0.39 is 0 Å². The molecule has 0 unspecified atom stereocenters. The minimum absolute atomic E-state index is 0.102. The average Bonchev–Trinajstić information content (AvgIpc) is 3.37. The maximum Gasteiger partial charge on any atom is 0.256 e. The Labute approximate surface area is 178 Å². The third kappa shape index (κ3) is 4.23. The summed E-state index contributed by atoms with van der Waals surface area (Å²) in [6, 6.07) is 17.1. The number of thiophene rings is 2. The second-order valence-electron chi connectivity index (χ2n) is 6.70. The van der Waals surface area contributed by atoms with Gasteiger partial charge in [0.15, 0.2) is 0 Å². The van der Waals surface area contributed by atoms with Crippen molar-refractivity contribution < 1.29 is 4.79 Å². The molecule has 29 heavy (non-hydrogen) atoms. The van der Waals surface area contributed by atoms with Crippen molar-refractivity contribution in [2.24, 2.45) is 0 Å². The molecule has 146 valence electrons. The first-order valence-corrected chi connectivity index (χ1v) is 11.1. The number of benzene rings is 1. The van der Waals surface area contributed by atoms with Gasteiger partial charge in [0.05, 0.1) is 6.04 Å². The summed E-state index contributed by atoms with van der Waals surface area (Å²) in [4.78, 5) is 18.4. The van der Waals surface area contributed by atoms with Gasteiger partial charge in [0.1, 0.15) is 10.8 Å². The van der Waals surface area contributed by atoms with Crippen LogP contribution < -0.4 is 10.6 Å². The zero-order valence-electron chi connectivity index (χ0n) is 16.2. The summed E-state index contributed by atoms with van der Waals surface area (Å²) in [6.07, 6.45) is 1.77. The van der Waals surface area contributed by atoms with E-state index in [1.54, 1.807) is 28.9 Å². The van der Waals surface area contributed by atoms with Gasteiger partial charge in [0, 0.05) is 22.2 Å². The Morgan fingerprint density at radius 3 is 2.52 bits per heavy atom. The number of nitrogens with one attached hydrogen (secondary N) is 2. The second kappa shape index (κ2) is 8.59. The van der Waals surface area contributed by atoms with Gasteiger partial charge < -0.3 is 10.6 Å². The average molecular weight is 420 g/mol. The van der Waals surface area contributed by atoms with Crippen LogP contribution >= 0.6 is 22.7 Å². The molecule has 0 aliphatic rings. The van der Waals surface area contributed by atoms with Gasteiger partial charge in [0.2, 0.25) is 0 Å². The predicted molar refractivity (Wildman–Crippen MR) is 122 cm³/mol. The molecule has 1 aromatic carbocycles. The molecule has 4 aromatic rings. The van der Waals surface area contributed by atoms with Crippen LogP contribution in [0.4, 0.5) is 10.8 Å². The van der Waals surface area contributed by atoms with Crippen molar-refractivity contribution in [3.63, 3.8) is 0 Å². The number of hydrogen-bond donors (Lipinski definition) is 2. The summed E-state index contributed by atoms with van der Waals surface area (Å²) >= 11 is 3.27. The Bertz CT molecular complexity index is 1090. The molecular formula is C23H21N3OS2. The van der Waals surface area contributed by atoms with E-state index in [4.69, 9.17) is 0 Å². The Balaban J connectivity index is 1.73. The van der Waals surface area contributed by atoms with Gasteiger partial charge in [-0.3, -0.25) is 4.79 Å². The van der Waals surface area contributed by atoms with Gasteiger partial charge in [-0.05, 0) is 66.1 Å². The smallest absolute Gasteiger partial charge is 0.256 e. The molecule has 2 N–H and O–H groups in total. The van der Waals surface area contributed by atoms with E-state index in [1.165, 1.54) is 10.4 Å². The zero-order chi connectivity index (χ0) is 20.2. The maximum atomic E-state index is 12.8. The number of aromatic nitrogens is 1. The lowest BCUT2D eigenvalue weighted by Gasteiger charge is -2.21. The van der Waals surface area contributed by atoms with Crippen LogP contribution in [0.25, 0.3) is 0 Å². The van der Waals surface area contributed by atoms with E-state index in [2.05, 4.69) is 46.3 Å². The van der Waals surface area contributed by atoms with E-state index in [9.17, 15) is 4.79 Å². The molecule has 1 atom stereocenters. The van der Waals surface area contributed by atoms with E-state index >= 15 is 0 Å². The largest absolute Gasteiger partial charge is 0.359 e. The first-order chi connectivity index (χ1) is 14.1.